The molecule has 1 N–H and O–H groups in total. The Kier molecular flexibility index (Phi) is 1.78. The van der Waals surface area contributed by atoms with E-state index in [0.717, 1.165) is 11.3 Å². The van der Waals surface area contributed by atoms with Crippen molar-refractivity contribution in [3.63, 3.8) is 0 Å². The lowest BCUT2D eigenvalue weighted by atomic mass is 10.1. The van der Waals surface area contributed by atoms with E-state index in [4.69, 9.17) is 5.26 Å². The van der Waals surface area contributed by atoms with Crippen molar-refractivity contribution < 1.29 is 4.39 Å². The summed E-state index contributed by atoms with van der Waals surface area (Å²) in [6.07, 6.45) is 0. The first-order chi connectivity index (χ1) is 6.65. The van der Waals surface area contributed by atoms with Gasteiger partial charge in [-0.15, -0.1) is 0 Å². The molecule has 0 aliphatic rings. The topological polar surface area (TPSA) is 39.6 Å². The first-order valence-electron chi connectivity index (χ1n) is 4.32. The van der Waals surface area contributed by atoms with Crippen LogP contribution in [0, 0.1) is 31.0 Å². The minimum atomic E-state index is -0.277. The van der Waals surface area contributed by atoms with Crippen molar-refractivity contribution in [2.45, 2.75) is 13.8 Å². The van der Waals surface area contributed by atoms with Crippen molar-refractivity contribution in [2.24, 2.45) is 0 Å². The first-order valence-corrected chi connectivity index (χ1v) is 4.32. The molecular formula is C11H9FN2. The van der Waals surface area contributed by atoms with Crippen LogP contribution >= 0.6 is 0 Å². The minimum Gasteiger partial charge on any atom is -0.357 e. The number of aromatic nitrogens is 1. The number of hydrogen-bond donors (Lipinski definition) is 1. The van der Waals surface area contributed by atoms with Gasteiger partial charge in [0, 0.05) is 11.1 Å². The highest BCUT2D eigenvalue weighted by Crippen LogP contribution is 2.26. The smallest absolute Gasteiger partial charge is 0.132 e. The molecule has 3 heteroatoms. The zero-order chi connectivity index (χ0) is 10.3. The molecule has 70 valence electrons. The van der Waals surface area contributed by atoms with E-state index < -0.39 is 0 Å². The fraction of sp³-hybridized carbons (Fsp3) is 0.182. The summed E-state index contributed by atoms with van der Waals surface area (Å²) in [5, 5.41) is 9.36. The van der Waals surface area contributed by atoms with E-state index in [1.54, 1.807) is 0 Å². The standard InChI is InChI=1S/C11H9FN2/c1-6-7(2)14-11-8(5-13)3-4-9(12)10(6)11/h3-4,14H,1-2H3. The van der Waals surface area contributed by atoms with Crippen LogP contribution in [0.1, 0.15) is 16.8 Å². The van der Waals surface area contributed by atoms with Crippen molar-refractivity contribution >= 4 is 10.9 Å². The molecule has 1 aromatic carbocycles. The zero-order valence-electron chi connectivity index (χ0n) is 7.98. The Bertz CT molecular complexity index is 546. The molecule has 0 spiro atoms. The predicted octanol–water partition coefficient (Wildman–Crippen LogP) is 2.80. The van der Waals surface area contributed by atoms with Crippen LogP contribution in [0.15, 0.2) is 12.1 Å². The summed E-state index contributed by atoms with van der Waals surface area (Å²) in [5.41, 5.74) is 2.86. The van der Waals surface area contributed by atoms with Gasteiger partial charge in [-0.25, -0.2) is 4.39 Å². The largest absolute Gasteiger partial charge is 0.357 e. The van der Waals surface area contributed by atoms with Crippen LogP contribution in [0.4, 0.5) is 4.39 Å². The summed E-state index contributed by atoms with van der Waals surface area (Å²) in [7, 11) is 0. The highest BCUT2D eigenvalue weighted by Gasteiger charge is 2.11. The van der Waals surface area contributed by atoms with Gasteiger partial charge in [0.2, 0.25) is 0 Å². The molecule has 0 fully saturated rings. The van der Waals surface area contributed by atoms with Crippen LogP contribution in [0.25, 0.3) is 10.9 Å². The Labute approximate surface area is 81.0 Å². The predicted molar refractivity (Wildman–Crippen MR) is 52.4 cm³/mol. The van der Waals surface area contributed by atoms with Crippen LogP contribution in [0.5, 0.6) is 0 Å². The summed E-state index contributed by atoms with van der Waals surface area (Å²) in [6.45, 7) is 3.72. The Morgan fingerprint density at radius 2 is 2.07 bits per heavy atom. The van der Waals surface area contributed by atoms with Crippen molar-refractivity contribution in [3.05, 3.63) is 34.8 Å². The minimum absolute atomic E-state index is 0.277. The normalized spacial score (nSPS) is 10.4. The SMILES string of the molecule is Cc1[nH]c2c(C#N)ccc(F)c2c1C. The van der Waals surface area contributed by atoms with E-state index in [2.05, 4.69) is 4.98 Å². The molecule has 0 aliphatic carbocycles. The molecule has 0 saturated heterocycles. The lowest BCUT2D eigenvalue weighted by Crippen LogP contribution is -1.82. The maximum Gasteiger partial charge on any atom is 0.132 e. The lowest BCUT2D eigenvalue weighted by Gasteiger charge is -1.95. The summed E-state index contributed by atoms with van der Waals surface area (Å²) in [5.74, 6) is -0.277. The molecule has 2 aromatic rings. The first kappa shape index (κ1) is 8.76. The number of aromatic amines is 1. The molecule has 2 nitrogen and oxygen atoms in total. The highest BCUT2D eigenvalue weighted by molar-refractivity contribution is 5.89. The summed E-state index contributed by atoms with van der Waals surface area (Å²) >= 11 is 0. The molecule has 2 rings (SSSR count). The summed E-state index contributed by atoms with van der Waals surface area (Å²) in [6, 6.07) is 4.87. The quantitative estimate of drug-likeness (QED) is 0.678. The van der Waals surface area contributed by atoms with Crippen LogP contribution in [0.2, 0.25) is 0 Å². The Balaban J connectivity index is 3.00. The monoisotopic (exact) mass is 188 g/mol. The van der Waals surface area contributed by atoms with Gasteiger partial charge in [0.25, 0.3) is 0 Å². The number of rotatable bonds is 0. The van der Waals surface area contributed by atoms with Gasteiger partial charge in [-0.05, 0) is 31.5 Å². The molecule has 1 heterocycles. The summed E-state index contributed by atoms with van der Waals surface area (Å²) in [4.78, 5) is 3.02. The Morgan fingerprint density at radius 3 is 2.71 bits per heavy atom. The molecule has 0 aliphatic heterocycles. The third-order valence-corrected chi connectivity index (χ3v) is 2.52. The second kappa shape index (κ2) is 2.85. The number of nitrogens with one attached hydrogen (secondary N) is 1. The van der Waals surface area contributed by atoms with Gasteiger partial charge in [0.05, 0.1) is 11.1 Å². The van der Waals surface area contributed by atoms with Crippen LogP contribution < -0.4 is 0 Å². The van der Waals surface area contributed by atoms with E-state index in [0.29, 0.717) is 16.5 Å². The Hall–Kier alpha value is -1.82. The number of H-pyrrole nitrogens is 1. The van der Waals surface area contributed by atoms with Crippen LogP contribution in [-0.2, 0) is 0 Å². The van der Waals surface area contributed by atoms with Gasteiger partial charge in [-0.3, -0.25) is 0 Å². The molecule has 0 radical (unpaired) electrons. The maximum atomic E-state index is 13.4. The van der Waals surface area contributed by atoms with E-state index >= 15 is 0 Å². The molecular weight excluding hydrogens is 179 g/mol. The molecule has 0 unspecified atom stereocenters. The number of hydrogen-bond acceptors (Lipinski definition) is 1. The van der Waals surface area contributed by atoms with Gasteiger partial charge < -0.3 is 4.98 Å². The molecule has 0 atom stereocenters. The molecule has 14 heavy (non-hydrogen) atoms. The lowest BCUT2D eigenvalue weighted by molar-refractivity contribution is 0.639. The Morgan fingerprint density at radius 1 is 1.36 bits per heavy atom. The van der Waals surface area contributed by atoms with Crippen molar-refractivity contribution in [1.29, 1.82) is 5.26 Å². The van der Waals surface area contributed by atoms with Gasteiger partial charge in [-0.1, -0.05) is 0 Å². The maximum absolute atomic E-state index is 13.4. The van der Waals surface area contributed by atoms with E-state index in [1.807, 2.05) is 19.9 Å². The average Bonchev–Trinajstić information content (AvgIpc) is 2.45. The van der Waals surface area contributed by atoms with Gasteiger partial charge in [0.1, 0.15) is 11.9 Å². The number of benzene rings is 1. The fourth-order valence-corrected chi connectivity index (χ4v) is 1.64. The van der Waals surface area contributed by atoms with Gasteiger partial charge >= 0.3 is 0 Å². The molecule has 0 amide bonds. The third-order valence-electron chi connectivity index (χ3n) is 2.52. The summed E-state index contributed by atoms with van der Waals surface area (Å²) < 4.78 is 13.4. The molecule has 1 aromatic heterocycles. The number of aryl methyl sites for hydroxylation is 2. The third kappa shape index (κ3) is 1.01. The number of fused-ring (bicyclic) bond motifs is 1. The zero-order valence-corrected chi connectivity index (χ0v) is 7.98. The van der Waals surface area contributed by atoms with Gasteiger partial charge in [0.15, 0.2) is 0 Å². The fourth-order valence-electron chi connectivity index (χ4n) is 1.64. The number of nitriles is 1. The van der Waals surface area contributed by atoms with E-state index in [-0.39, 0.29) is 5.82 Å². The van der Waals surface area contributed by atoms with Crippen LogP contribution in [0.3, 0.4) is 0 Å². The van der Waals surface area contributed by atoms with Gasteiger partial charge in [-0.2, -0.15) is 5.26 Å². The highest BCUT2D eigenvalue weighted by atomic mass is 19.1. The average molecular weight is 188 g/mol. The van der Waals surface area contributed by atoms with E-state index in [9.17, 15) is 4.39 Å². The van der Waals surface area contributed by atoms with Crippen molar-refractivity contribution in [1.82, 2.24) is 4.98 Å². The second-order valence-corrected chi connectivity index (χ2v) is 3.33. The molecule has 0 saturated carbocycles. The number of halogens is 1. The van der Waals surface area contributed by atoms with Crippen molar-refractivity contribution in [2.75, 3.05) is 0 Å². The molecule has 0 bridgehead atoms. The second-order valence-electron chi connectivity index (χ2n) is 3.33. The van der Waals surface area contributed by atoms with E-state index in [1.165, 1.54) is 12.1 Å². The van der Waals surface area contributed by atoms with Crippen molar-refractivity contribution in [3.8, 4) is 6.07 Å². The number of nitrogens with zero attached hydrogens (tertiary/aromatic N) is 1. The van der Waals surface area contributed by atoms with Crippen LogP contribution in [-0.4, -0.2) is 4.98 Å².